The van der Waals surface area contributed by atoms with Gasteiger partial charge in [-0.15, -0.1) is 0 Å². The van der Waals surface area contributed by atoms with Crippen LogP contribution in [0.4, 0.5) is 23.0 Å². The van der Waals surface area contributed by atoms with Crippen LogP contribution in [-0.2, 0) is 4.79 Å². The Kier molecular flexibility index (Phi) is 7.58. The van der Waals surface area contributed by atoms with Crippen LogP contribution in [0.15, 0.2) is 61.7 Å². The highest BCUT2D eigenvalue weighted by molar-refractivity contribution is 6.30. The van der Waals surface area contributed by atoms with Gasteiger partial charge < -0.3 is 25.2 Å². The number of aromatic nitrogens is 4. The van der Waals surface area contributed by atoms with E-state index in [1.807, 2.05) is 25.2 Å². The molecule has 2 N–H and O–H groups in total. The number of rotatable bonds is 8. The molecule has 0 saturated carbocycles. The normalized spacial score (nSPS) is 15.2. The van der Waals surface area contributed by atoms with Gasteiger partial charge in [0.2, 0.25) is 11.9 Å². The van der Waals surface area contributed by atoms with Crippen molar-refractivity contribution in [3.8, 4) is 17.0 Å². The number of carbonyl (C=O) groups excluding carboxylic acids is 1. The van der Waals surface area contributed by atoms with Crippen LogP contribution in [0, 0.1) is 0 Å². The van der Waals surface area contributed by atoms with Crippen LogP contribution in [0.25, 0.3) is 22.2 Å². The summed E-state index contributed by atoms with van der Waals surface area (Å²) < 4.78 is 5.75. The molecule has 0 aliphatic carbocycles. The number of amides is 1. The van der Waals surface area contributed by atoms with Crippen molar-refractivity contribution < 1.29 is 9.53 Å². The van der Waals surface area contributed by atoms with Crippen molar-refractivity contribution >= 4 is 51.4 Å². The molecular weight excluding hydrogens is 516 g/mol. The first-order valence-electron chi connectivity index (χ1n) is 12.4. The van der Waals surface area contributed by atoms with Gasteiger partial charge in [-0.3, -0.25) is 14.8 Å². The minimum atomic E-state index is -0.308. The second-order valence-electron chi connectivity index (χ2n) is 9.39. The monoisotopic (exact) mass is 544 g/mol. The highest BCUT2D eigenvalue weighted by Gasteiger charge is 2.26. The Morgan fingerprint density at radius 2 is 2.08 bits per heavy atom. The van der Waals surface area contributed by atoms with E-state index in [4.69, 9.17) is 21.3 Å². The van der Waals surface area contributed by atoms with Crippen LogP contribution in [0.3, 0.4) is 0 Å². The molecule has 0 spiro atoms. The highest BCUT2D eigenvalue weighted by Crippen LogP contribution is 2.39. The number of anilines is 4. The van der Waals surface area contributed by atoms with Crippen LogP contribution in [-0.4, -0.2) is 71.1 Å². The third kappa shape index (κ3) is 5.62. The molecule has 10 nitrogen and oxygen atoms in total. The molecule has 1 aromatic carbocycles. The molecule has 39 heavy (non-hydrogen) atoms. The van der Waals surface area contributed by atoms with Crippen LogP contribution >= 0.6 is 11.6 Å². The van der Waals surface area contributed by atoms with Gasteiger partial charge in [-0.25, -0.2) is 9.97 Å². The molecule has 11 heteroatoms. The fourth-order valence-electron chi connectivity index (χ4n) is 4.73. The molecule has 1 unspecified atom stereocenters. The summed E-state index contributed by atoms with van der Waals surface area (Å²) in [6, 6.07) is 7.66. The molecule has 0 radical (unpaired) electrons. The molecule has 1 aliphatic rings. The van der Waals surface area contributed by atoms with E-state index >= 15 is 0 Å². The van der Waals surface area contributed by atoms with Gasteiger partial charge >= 0.3 is 0 Å². The summed E-state index contributed by atoms with van der Waals surface area (Å²) in [5, 5.41) is 7.52. The van der Waals surface area contributed by atoms with Crippen molar-refractivity contribution in [2.45, 2.75) is 12.5 Å². The van der Waals surface area contributed by atoms with E-state index in [0.717, 1.165) is 36.1 Å². The first-order chi connectivity index (χ1) is 18.9. The average Bonchev–Trinajstić information content (AvgIpc) is 3.38. The number of methoxy groups -OCH3 is 1. The highest BCUT2D eigenvalue weighted by atomic mass is 35.5. The number of ether oxygens (including phenoxy) is 1. The Labute approximate surface area is 231 Å². The van der Waals surface area contributed by atoms with E-state index in [0.29, 0.717) is 45.3 Å². The van der Waals surface area contributed by atoms with E-state index in [1.165, 1.54) is 6.08 Å². The third-order valence-electron chi connectivity index (χ3n) is 6.78. The maximum Gasteiger partial charge on any atom is 0.247 e. The second kappa shape index (κ2) is 11.2. The molecule has 4 heterocycles. The van der Waals surface area contributed by atoms with Crippen LogP contribution in [0.2, 0.25) is 5.02 Å². The average molecular weight is 545 g/mol. The maximum absolute atomic E-state index is 12.3. The lowest BCUT2D eigenvalue weighted by Gasteiger charge is -2.29. The van der Waals surface area contributed by atoms with Gasteiger partial charge in [0.25, 0.3) is 0 Å². The zero-order chi connectivity index (χ0) is 27.5. The SMILES string of the molecule is C=CC(=O)Nc1cc(Nc2ncc3ccnc(-c4cncc(Cl)c4)c3n2)c(OC)cc1N(C)C1CCN(C)C1. The Bertz CT molecular complexity index is 1550. The first-order valence-corrected chi connectivity index (χ1v) is 12.8. The molecule has 0 bridgehead atoms. The van der Waals surface area contributed by atoms with Crippen molar-refractivity contribution in [1.29, 1.82) is 0 Å². The number of pyridine rings is 2. The van der Waals surface area contributed by atoms with Crippen LogP contribution in [0.1, 0.15) is 6.42 Å². The third-order valence-corrected chi connectivity index (χ3v) is 6.99. The molecule has 1 fully saturated rings. The number of likely N-dealkylation sites (tertiary alicyclic amines) is 1. The van der Waals surface area contributed by atoms with Gasteiger partial charge in [0, 0.05) is 61.4 Å². The standard InChI is InChI=1S/C28H29ClN8O2/c1-5-25(38)33-21-11-22(24(39-4)12-23(21)37(3)20-7-9-36(2)16-20)34-28-32-14-17-6-8-31-26(27(17)35-28)18-10-19(29)15-30-13-18/h5-6,8,10-15,20H,1,7,9,16H2,2-4H3,(H,33,38)(H,32,34,35). The summed E-state index contributed by atoms with van der Waals surface area (Å²) in [5.74, 6) is 0.607. The molecule has 200 valence electrons. The molecule has 3 aromatic heterocycles. The van der Waals surface area contributed by atoms with Gasteiger partial charge in [-0.2, -0.15) is 0 Å². The van der Waals surface area contributed by atoms with E-state index in [-0.39, 0.29) is 5.91 Å². The quantitative estimate of drug-likeness (QED) is 0.303. The van der Waals surface area contributed by atoms with E-state index in [2.05, 4.69) is 49.0 Å². The van der Waals surface area contributed by atoms with Crippen molar-refractivity contribution in [2.75, 3.05) is 49.8 Å². The minimum absolute atomic E-state index is 0.300. The van der Waals surface area contributed by atoms with Gasteiger partial charge in [-0.1, -0.05) is 18.2 Å². The molecule has 1 aliphatic heterocycles. The fourth-order valence-corrected chi connectivity index (χ4v) is 4.90. The van der Waals surface area contributed by atoms with Crippen LogP contribution < -0.4 is 20.3 Å². The number of nitrogens with zero attached hydrogens (tertiary/aromatic N) is 6. The van der Waals surface area contributed by atoms with Gasteiger partial charge in [0.15, 0.2) is 0 Å². The zero-order valence-corrected chi connectivity index (χ0v) is 22.7. The molecule has 5 rings (SSSR count). The second-order valence-corrected chi connectivity index (χ2v) is 9.82. The lowest BCUT2D eigenvalue weighted by molar-refractivity contribution is -0.111. The number of fused-ring (bicyclic) bond motifs is 1. The predicted octanol–water partition coefficient (Wildman–Crippen LogP) is 4.76. The Morgan fingerprint density at radius 3 is 2.79 bits per heavy atom. The Balaban J connectivity index is 1.54. The van der Waals surface area contributed by atoms with Crippen molar-refractivity contribution in [3.05, 3.63) is 66.7 Å². The van der Waals surface area contributed by atoms with Crippen molar-refractivity contribution in [1.82, 2.24) is 24.8 Å². The summed E-state index contributed by atoms with van der Waals surface area (Å²) in [4.78, 5) is 34.8. The Hall–Kier alpha value is -4.28. The lowest BCUT2D eigenvalue weighted by atomic mass is 10.1. The molecule has 1 saturated heterocycles. The summed E-state index contributed by atoms with van der Waals surface area (Å²) in [6.45, 7) is 5.54. The topological polar surface area (TPSA) is 108 Å². The molecule has 4 aromatic rings. The van der Waals surface area contributed by atoms with Crippen molar-refractivity contribution in [2.24, 2.45) is 0 Å². The molecular formula is C28H29ClN8O2. The van der Waals surface area contributed by atoms with Gasteiger partial charge in [-0.05, 0) is 44.3 Å². The molecule has 1 atom stereocenters. The van der Waals surface area contributed by atoms with Crippen molar-refractivity contribution in [3.63, 3.8) is 0 Å². The lowest BCUT2D eigenvalue weighted by Crippen LogP contribution is -2.34. The summed E-state index contributed by atoms with van der Waals surface area (Å²) in [7, 11) is 5.74. The molecule has 1 amide bonds. The first kappa shape index (κ1) is 26.3. The maximum atomic E-state index is 12.3. The number of carbonyl (C=O) groups is 1. The number of likely N-dealkylation sites (N-methyl/N-ethyl adjacent to an activating group) is 2. The van der Waals surface area contributed by atoms with E-state index < -0.39 is 0 Å². The number of halogens is 1. The number of benzene rings is 1. The fraction of sp³-hybridized carbons (Fsp3) is 0.250. The summed E-state index contributed by atoms with van der Waals surface area (Å²) in [5.41, 5.74) is 4.07. The van der Waals surface area contributed by atoms with E-state index in [1.54, 1.807) is 38.0 Å². The predicted molar refractivity (Wildman–Crippen MR) is 155 cm³/mol. The van der Waals surface area contributed by atoms with Gasteiger partial charge in [0.05, 0.1) is 34.9 Å². The number of nitrogens with one attached hydrogen (secondary N) is 2. The van der Waals surface area contributed by atoms with E-state index in [9.17, 15) is 4.79 Å². The van der Waals surface area contributed by atoms with Crippen LogP contribution in [0.5, 0.6) is 5.75 Å². The number of hydrogen-bond donors (Lipinski definition) is 2. The Morgan fingerprint density at radius 1 is 1.23 bits per heavy atom. The number of hydrogen-bond acceptors (Lipinski definition) is 9. The zero-order valence-electron chi connectivity index (χ0n) is 22.0. The summed E-state index contributed by atoms with van der Waals surface area (Å²) in [6.07, 6.45) is 8.95. The minimum Gasteiger partial charge on any atom is -0.494 e. The summed E-state index contributed by atoms with van der Waals surface area (Å²) >= 11 is 6.17. The largest absolute Gasteiger partial charge is 0.494 e. The smallest absolute Gasteiger partial charge is 0.247 e. The van der Waals surface area contributed by atoms with Gasteiger partial charge in [0.1, 0.15) is 11.3 Å².